The van der Waals surface area contributed by atoms with Gasteiger partial charge in [0.1, 0.15) is 0 Å². The highest BCUT2D eigenvalue weighted by Crippen LogP contribution is 2.33. The molecule has 20 heavy (non-hydrogen) atoms. The normalized spacial score (nSPS) is 22.6. The lowest BCUT2D eigenvalue weighted by Gasteiger charge is -2.35. The molecule has 1 aromatic carbocycles. The Balaban J connectivity index is 1.72. The molecule has 2 aliphatic rings. The molecule has 5 heteroatoms. The smallest absolute Gasteiger partial charge is 0.242 e. The van der Waals surface area contributed by atoms with E-state index in [0.717, 1.165) is 11.3 Å². The number of fused-ring (bicyclic) bond motifs is 1. The van der Waals surface area contributed by atoms with Crippen molar-refractivity contribution >= 4 is 11.6 Å². The second-order valence-corrected chi connectivity index (χ2v) is 5.28. The first-order chi connectivity index (χ1) is 9.75. The molecule has 0 spiro atoms. The molecule has 1 unspecified atom stereocenters. The lowest BCUT2D eigenvalue weighted by Crippen LogP contribution is -2.47. The molecule has 1 atom stereocenters. The van der Waals surface area contributed by atoms with E-state index in [4.69, 9.17) is 4.74 Å². The zero-order valence-electron chi connectivity index (χ0n) is 11.5. The summed E-state index contributed by atoms with van der Waals surface area (Å²) in [6.45, 7) is 3.70. The number of hydrogen-bond acceptors (Lipinski definition) is 4. The number of aliphatic hydroxyl groups excluding tert-OH is 1. The topological polar surface area (TPSA) is 53.0 Å². The van der Waals surface area contributed by atoms with Crippen LogP contribution in [-0.2, 0) is 9.53 Å². The number of para-hydroxylation sites is 1. The number of nitrogens with zero attached hydrogens (tertiary/aromatic N) is 2. The van der Waals surface area contributed by atoms with Crippen LogP contribution >= 0.6 is 0 Å². The molecule has 0 radical (unpaired) electrons. The number of benzene rings is 1. The van der Waals surface area contributed by atoms with Gasteiger partial charge < -0.3 is 19.6 Å². The van der Waals surface area contributed by atoms with E-state index in [1.165, 1.54) is 0 Å². The fourth-order valence-electron chi connectivity index (χ4n) is 2.85. The van der Waals surface area contributed by atoms with Crippen molar-refractivity contribution in [3.8, 4) is 0 Å². The molecule has 1 amide bonds. The van der Waals surface area contributed by atoms with Crippen LogP contribution in [-0.4, -0.2) is 55.3 Å². The first kappa shape index (κ1) is 13.4. The maximum atomic E-state index is 12.3. The van der Waals surface area contributed by atoms with Gasteiger partial charge in [0.15, 0.2) is 0 Å². The van der Waals surface area contributed by atoms with Crippen LogP contribution in [0.3, 0.4) is 0 Å². The van der Waals surface area contributed by atoms with Gasteiger partial charge in [-0.25, -0.2) is 0 Å². The lowest BCUT2D eigenvalue weighted by atomic mass is 9.99. The summed E-state index contributed by atoms with van der Waals surface area (Å²) < 4.78 is 5.27. The summed E-state index contributed by atoms with van der Waals surface area (Å²) in [5.41, 5.74) is 1.90. The predicted octanol–water partition coefficient (Wildman–Crippen LogP) is 0.789. The van der Waals surface area contributed by atoms with Crippen molar-refractivity contribution in [1.82, 2.24) is 4.90 Å². The van der Waals surface area contributed by atoms with Crippen LogP contribution in [0.5, 0.6) is 0 Å². The standard InChI is InChI=1S/C15H20N2O3/c18-14-5-6-17(13-4-2-1-3-12(13)14)11-15(19)16-7-9-20-10-8-16/h1-4,14,18H,5-11H2. The van der Waals surface area contributed by atoms with Crippen LogP contribution in [0.15, 0.2) is 24.3 Å². The summed E-state index contributed by atoms with van der Waals surface area (Å²) in [7, 11) is 0. The minimum absolute atomic E-state index is 0.138. The van der Waals surface area contributed by atoms with Crippen LogP contribution < -0.4 is 4.90 Å². The predicted molar refractivity (Wildman–Crippen MR) is 75.6 cm³/mol. The van der Waals surface area contributed by atoms with E-state index < -0.39 is 6.10 Å². The van der Waals surface area contributed by atoms with Crippen LogP contribution in [0, 0.1) is 0 Å². The zero-order chi connectivity index (χ0) is 13.9. The fourth-order valence-corrected chi connectivity index (χ4v) is 2.85. The number of ether oxygens (including phenoxy) is 1. The van der Waals surface area contributed by atoms with Crippen molar-refractivity contribution in [2.75, 3.05) is 44.3 Å². The van der Waals surface area contributed by atoms with Gasteiger partial charge in [-0.1, -0.05) is 18.2 Å². The molecular formula is C15H20N2O3. The van der Waals surface area contributed by atoms with Crippen molar-refractivity contribution in [2.45, 2.75) is 12.5 Å². The average molecular weight is 276 g/mol. The van der Waals surface area contributed by atoms with Crippen molar-refractivity contribution in [3.05, 3.63) is 29.8 Å². The maximum Gasteiger partial charge on any atom is 0.242 e. The highest BCUT2D eigenvalue weighted by molar-refractivity contribution is 5.82. The number of rotatable bonds is 2. The van der Waals surface area contributed by atoms with E-state index in [1.54, 1.807) is 0 Å². The van der Waals surface area contributed by atoms with Gasteiger partial charge in [-0.3, -0.25) is 4.79 Å². The molecule has 1 fully saturated rings. The van der Waals surface area contributed by atoms with E-state index in [-0.39, 0.29) is 5.91 Å². The Morgan fingerprint density at radius 1 is 1.25 bits per heavy atom. The van der Waals surface area contributed by atoms with Crippen molar-refractivity contribution in [1.29, 1.82) is 0 Å². The van der Waals surface area contributed by atoms with E-state index in [1.807, 2.05) is 29.2 Å². The van der Waals surface area contributed by atoms with Gasteiger partial charge >= 0.3 is 0 Å². The number of aliphatic hydroxyl groups is 1. The summed E-state index contributed by atoms with van der Waals surface area (Å²) in [5, 5.41) is 10.0. The third-order valence-corrected chi connectivity index (χ3v) is 4.00. The van der Waals surface area contributed by atoms with Gasteiger partial charge in [-0.05, 0) is 12.5 Å². The van der Waals surface area contributed by atoms with Crippen molar-refractivity contribution < 1.29 is 14.6 Å². The second-order valence-electron chi connectivity index (χ2n) is 5.28. The van der Waals surface area contributed by atoms with Gasteiger partial charge in [-0.2, -0.15) is 0 Å². The summed E-state index contributed by atoms with van der Waals surface area (Å²) in [6, 6.07) is 7.79. The summed E-state index contributed by atoms with van der Waals surface area (Å²) >= 11 is 0. The third-order valence-electron chi connectivity index (χ3n) is 4.00. The van der Waals surface area contributed by atoms with Crippen molar-refractivity contribution in [3.63, 3.8) is 0 Å². The lowest BCUT2D eigenvalue weighted by molar-refractivity contribution is -0.133. The summed E-state index contributed by atoms with van der Waals surface area (Å²) in [5.74, 6) is 0.138. The minimum Gasteiger partial charge on any atom is -0.388 e. The average Bonchev–Trinajstić information content (AvgIpc) is 2.51. The Bertz CT molecular complexity index is 486. The highest BCUT2D eigenvalue weighted by atomic mass is 16.5. The molecular weight excluding hydrogens is 256 g/mol. The number of anilines is 1. The molecule has 1 aromatic rings. The maximum absolute atomic E-state index is 12.3. The van der Waals surface area contributed by atoms with Gasteiger partial charge in [0.2, 0.25) is 5.91 Å². The number of amides is 1. The Morgan fingerprint density at radius 3 is 2.80 bits per heavy atom. The fraction of sp³-hybridized carbons (Fsp3) is 0.533. The Morgan fingerprint density at radius 2 is 2.00 bits per heavy atom. The van der Waals surface area contributed by atoms with Gasteiger partial charge in [0.05, 0.1) is 25.9 Å². The molecule has 2 aliphatic heterocycles. The zero-order valence-corrected chi connectivity index (χ0v) is 11.5. The second kappa shape index (κ2) is 5.81. The largest absolute Gasteiger partial charge is 0.388 e. The SMILES string of the molecule is O=C(CN1CCC(O)c2ccccc21)N1CCOCC1. The molecule has 5 nitrogen and oxygen atoms in total. The summed E-state index contributed by atoms with van der Waals surface area (Å²) in [4.78, 5) is 16.3. The molecule has 0 saturated carbocycles. The first-order valence-corrected chi connectivity index (χ1v) is 7.13. The molecule has 1 N–H and O–H groups in total. The van der Waals surface area contributed by atoms with Crippen LogP contribution in [0.2, 0.25) is 0 Å². The molecule has 0 bridgehead atoms. The molecule has 1 saturated heterocycles. The monoisotopic (exact) mass is 276 g/mol. The van der Waals surface area contributed by atoms with Gasteiger partial charge in [0.25, 0.3) is 0 Å². The number of hydrogen-bond donors (Lipinski definition) is 1. The number of carbonyl (C=O) groups is 1. The Hall–Kier alpha value is -1.59. The van der Waals surface area contributed by atoms with E-state index in [0.29, 0.717) is 45.8 Å². The van der Waals surface area contributed by atoms with Crippen molar-refractivity contribution in [2.24, 2.45) is 0 Å². The van der Waals surface area contributed by atoms with Crippen LogP contribution in [0.1, 0.15) is 18.1 Å². The van der Waals surface area contributed by atoms with E-state index >= 15 is 0 Å². The van der Waals surface area contributed by atoms with Crippen LogP contribution in [0.4, 0.5) is 5.69 Å². The molecule has 2 heterocycles. The van der Waals surface area contributed by atoms with Crippen LogP contribution in [0.25, 0.3) is 0 Å². The molecule has 0 aromatic heterocycles. The van der Waals surface area contributed by atoms with E-state index in [2.05, 4.69) is 4.90 Å². The third kappa shape index (κ3) is 2.64. The Kier molecular flexibility index (Phi) is 3.89. The quantitative estimate of drug-likeness (QED) is 0.867. The molecule has 3 rings (SSSR count). The van der Waals surface area contributed by atoms with Gasteiger partial charge in [0, 0.05) is 30.9 Å². The number of carbonyl (C=O) groups excluding carboxylic acids is 1. The minimum atomic E-state index is -0.416. The highest BCUT2D eigenvalue weighted by Gasteiger charge is 2.26. The van der Waals surface area contributed by atoms with Gasteiger partial charge in [-0.15, -0.1) is 0 Å². The van der Waals surface area contributed by atoms with E-state index in [9.17, 15) is 9.90 Å². The molecule has 108 valence electrons. The number of morpholine rings is 1. The molecule has 0 aliphatic carbocycles. The Labute approximate surface area is 118 Å². The first-order valence-electron chi connectivity index (χ1n) is 7.13. The summed E-state index contributed by atoms with van der Waals surface area (Å²) in [6.07, 6.45) is 0.258.